The molecule has 0 aliphatic rings. The Balaban J connectivity index is 1.62. The molecular formula is C20H14ClN5O2S. The maximum absolute atomic E-state index is 12.7. The minimum atomic E-state index is -0.645. The van der Waals surface area contributed by atoms with Crippen molar-refractivity contribution in [2.45, 2.75) is 6.92 Å². The summed E-state index contributed by atoms with van der Waals surface area (Å²) >= 11 is 7.14. The summed E-state index contributed by atoms with van der Waals surface area (Å²) in [5.41, 5.74) is 1.46. The van der Waals surface area contributed by atoms with Crippen molar-refractivity contribution in [1.82, 2.24) is 20.0 Å². The van der Waals surface area contributed by atoms with Gasteiger partial charge < -0.3 is 0 Å². The predicted molar refractivity (Wildman–Crippen MR) is 113 cm³/mol. The van der Waals surface area contributed by atoms with Crippen molar-refractivity contribution in [3.05, 3.63) is 87.3 Å². The first-order valence-corrected chi connectivity index (χ1v) is 9.78. The van der Waals surface area contributed by atoms with Gasteiger partial charge in [-0.1, -0.05) is 53.3 Å². The van der Waals surface area contributed by atoms with Gasteiger partial charge in [0, 0.05) is 22.3 Å². The Morgan fingerprint density at radius 2 is 1.79 bits per heavy atom. The Bertz CT molecular complexity index is 1240. The Morgan fingerprint density at radius 1 is 1.07 bits per heavy atom. The van der Waals surface area contributed by atoms with Crippen LogP contribution in [0.5, 0.6) is 0 Å². The standard InChI is InChI=1S/C20H14ClN5O2S/c1-12-11-16(27)17(25-26(12)15-9-7-14(21)8-10-15)18(28)22-20-24-23-19(29-20)13-5-3-2-4-6-13/h2-11H,1H3,(H,22,24,28). The number of aryl methyl sites for hydroxylation is 1. The van der Waals surface area contributed by atoms with E-state index in [4.69, 9.17) is 11.6 Å². The second-order valence-electron chi connectivity index (χ2n) is 6.12. The van der Waals surface area contributed by atoms with Crippen molar-refractivity contribution in [3.63, 3.8) is 0 Å². The van der Waals surface area contributed by atoms with Crippen LogP contribution in [0.4, 0.5) is 5.13 Å². The molecule has 0 saturated heterocycles. The Kier molecular flexibility index (Phi) is 5.20. The summed E-state index contributed by atoms with van der Waals surface area (Å²) in [7, 11) is 0. The van der Waals surface area contributed by atoms with E-state index in [0.717, 1.165) is 5.56 Å². The first kappa shape index (κ1) is 19.0. The van der Waals surface area contributed by atoms with E-state index in [-0.39, 0.29) is 10.8 Å². The number of carbonyl (C=O) groups excluding carboxylic acids is 1. The van der Waals surface area contributed by atoms with Gasteiger partial charge in [-0.3, -0.25) is 14.9 Å². The first-order chi connectivity index (χ1) is 14.0. The summed E-state index contributed by atoms with van der Waals surface area (Å²) in [6.07, 6.45) is 0. The topological polar surface area (TPSA) is 89.8 Å². The van der Waals surface area contributed by atoms with Crippen molar-refractivity contribution in [2.24, 2.45) is 0 Å². The van der Waals surface area contributed by atoms with Gasteiger partial charge in [0.2, 0.25) is 10.6 Å². The van der Waals surface area contributed by atoms with Crippen LogP contribution in [0.2, 0.25) is 5.02 Å². The van der Waals surface area contributed by atoms with Crippen molar-refractivity contribution in [2.75, 3.05) is 5.32 Å². The van der Waals surface area contributed by atoms with Gasteiger partial charge >= 0.3 is 0 Å². The van der Waals surface area contributed by atoms with E-state index in [1.54, 1.807) is 31.2 Å². The van der Waals surface area contributed by atoms with Crippen LogP contribution >= 0.6 is 22.9 Å². The van der Waals surface area contributed by atoms with Crippen LogP contribution in [-0.2, 0) is 0 Å². The Morgan fingerprint density at radius 3 is 2.52 bits per heavy atom. The quantitative estimate of drug-likeness (QED) is 0.536. The predicted octanol–water partition coefficient (Wildman–Crippen LogP) is 3.97. The molecule has 0 fully saturated rings. The highest BCUT2D eigenvalue weighted by Crippen LogP contribution is 2.26. The molecule has 4 rings (SSSR count). The highest BCUT2D eigenvalue weighted by molar-refractivity contribution is 7.18. The zero-order valence-electron chi connectivity index (χ0n) is 15.2. The Hall–Kier alpha value is -3.36. The third-order valence-corrected chi connectivity index (χ3v) is 5.20. The van der Waals surface area contributed by atoms with Crippen LogP contribution < -0.4 is 10.7 Å². The van der Waals surface area contributed by atoms with E-state index < -0.39 is 11.3 Å². The number of nitrogens with zero attached hydrogens (tertiary/aromatic N) is 4. The van der Waals surface area contributed by atoms with Gasteiger partial charge in [0.05, 0.1) is 5.69 Å². The van der Waals surface area contributed by atoms with E-state index in [9.17, 15) is 9.59 Å². The van der Waals surface area contributed by atoms with Crippen LogP contribution in [0.3, 0.4) is 0 Å². The molecule has 0 bridgehead atoms. The number of benzene rings is 2. The van der Waals surface area contributed by atoms with Gasteiger partial charge in [0.15, 0.2) is 5.69 Å². The minimum Gasteiger partial charge on any atom is -0.295 e. The van der Waals surface area contributed by atoms with Gasteiger partial charge in [-0.05, 0) is 31.2 Å². The largest absolute Gasteiger partial charge is 0.295 e. The molecule has 1 N–H and O–H groups in total. The van der Waals surface area contributed by atoms with Crippen LogP contribution in [0, 0.1) is 6.92 Å². The first-order valence-electron chi connectivity index (χ1n) is 8.58. The molecule has 0 radical (unpaired) electrons. The molecule has 0 atom stereocenters. The smallest absolute Gasteiger partial charge is 0.282 e. The number of halogens is 1. The number of aromatic nitrogens is 4. The van der Waals surface area contributed by atoms with Crippen LogP contribution in [0.25, 0.3) is 16.3 Å². The van der Waals surface area contributed by atoms with Crippen molar-refractivity contribution in [3.8, 4) is 16.3 Å². The fraction of sp³-hybridized carbons (Fsp3) is 0.0500. The lowest BCUT2D eigenvalue weighted by atomic mass is 10.2. The zero-order valence-corrected chi connectivity index (χ0v) is 16.7. The van der Waals surface area contributed by atoms with Gasteiger partial charge in [0.1, 0.15) is 5.01 Å². The zero-order chi connectivity index (χ0) is 20.4. The number of hydrogen-bond acceptors (Lipinski definition) is 6. The molecule has 0 saturated carbocycles. The third-order valence-electron chi connectivity index (χ3n) is 4.06. The summed E-state index contributed by atoms with van der Waals surface area (Å²) in [5, 5.41) is 16.4. The molecule has 0 aliphatic heterocycles. The molecule has 2 heterocycles. The number of rotatable bonds is 4. The molecule has 2 aromatic carbocycles. The van der Waals surface area contributed by atoms with E-state index in [2.05, 4.69) is 20.6 Å². The van der Waals surface area contributed by atoms with E-state index in [1.165, 1.54) is 22.1 Å². The van der Waals surface area contributed by atoms with E-state index in [1.807, 2.05) is 30.3 Å². The highest BCUT2D eigenvalue weighted by Gasteiger charge is 2.17. The monoisotopic (exact) mass is 423 g/mol. The average molecular weight is 424 g/mol. The molecule has 0 spiro atoms. The van der Waals surface area contributed by atoms with Gasteiger partial charge in [-0.25, -0.2) is 4.68 Å². The normalized spacial score (nSPS) is 10.7. The second-order valence-corrected chi connectivity index (χ2v) is 7.53. The Labute approximate surface area is 174 Å². The molecular weight excluding hydrogens is 410 g/mol. The van der Waals surface area contributed by atoms with Gasteiger partial charge in [-0.2, -0.15) is 5.10 Å². The molecule has 0 unspecified atom stereocenters. The average Bonchev–Trinajstić information content (AvgIpc) is 3.18. The number of amides is 1. The summed E-state index contributed by atoms with van der Waals surface area (Å²) in [5.74, 6) is -0.645. The van der Waals surface area contributed by atoms with E-state index in [0.29, 0.717) is 21.4 Å². The number of nitrogens with one attached hydrogen (secondary N) is 1. The van der Waals surface area contributed by atoms with E-state index >= 15 is 0 Å². The molecule has 4 aromatic rings. The molecule has 0 aliphatic carbocycles. The van der Waals surface area contributed by atoms with Crippen molar-refractivity contribution < 1.29 is 4.79 Å². The SMILES string of the molecule is Cc1cc(=O)c(C(=O)Nc2nnc(-c3ccccc3)s2)nn1-c1ccc(Cl)cc1. The molecule has 144 valence electrons. The molecule has 7 nitrogen and oxygen atoms in total. The maximum atomic E-state index is 12.7. The lowest BCUT2D eigenvalue weighted by Gasteiger charge is -2.11. The third kappa shape index (κ3) is 4.08. The lowest BCUT2D eigenvalue weighted by molar-refractivity contribution is 0.101. The minimum absolute atomic E-state index is 0.234. The fourth-order valence-corrected chi connectivity index (χ4v) is 3.55. The number of hydrogen-bond donors (Lipinski definition) is 1. The summed E-state index contributed by atoms with van der Waals surface area (Å²) < 4.78 is 1.52. The van der Waals surface area contributed by atoms with Gasteiger partial charge in [0.25, 0.3) is 5.91 Å². The summed E-state index contributed by atoms with van der Waals surface area (Å²) in [6, 6.07) is 17.8. The van der Waals surface area contributed by atoms with Crippen LogP contribution in [0.1, 0.15) is 16.2 Å². The number of anilines is 1. The number of carbonyl (C=O) groups is 1. The van der Waals surface area contributed by atoms with Crippen LogP contribution in [-0.4, -0.2) is 25.9 Å². The lowest BCUT2D eigenvalue weighted by Crippen LogP contribution is -2.26. The highest BCUT2D eigenvalue weighted by atomic mass is 35.5. The molecule has 1 amide bonds. The molecule has 2 aromatic heterocycles. The molecule has 29 heavy (non-hydrogen) atoms. The maximum Gasteiger partial charge on any atom is 0.282 e. The van der Waals surface area contributed by atoms with Crippen molar-refractivity contribution in [1.29, 1.82) is 0 Å². The van der Waals surface area contributed by atoms with Gasteiger partial charge in [-0.15, -0.1) is 10.2 Å². The van der Waals surface area contributed by atoms with Crippen molar-refractivity contribution >= 4 is 34.0 Å². The summed E-state index contributed by atoms with van der Waals surface area (Å²) in [6.45, 7) is 1.74. The van der Waals surface area contributed by atoms with Crippen LogP contribution in [0.15, 0.2) is 65.5 Å². The summed E-state index contributed by atoms with van der Waals surface area (Å²) in [4.78, 5) is 25.0. The molecule has 9 heteroatoms. The fourth-order valence-electron chi connectivity index (χ4n) is 2.68. The second kappa shape index (κ2) is 7.94.